The van der Waals surface area contributed by atoms with E-state index in [9.17, 15) is 18.4 Å². The van der Waals surface area contributed by atoms with Gasteiger partial charge in [0.1, 0.15) is 11.6 Å². The Bertz CT molecular complexity index is 2100. The van der Waals surface area contributed by atoms with E-state index in [1.54, 1.807) is 35.2 Å². The number of carbonyl (C=O) groups excluding carboxylic acids is 2. The number of carbonyl (C=O) groups is 2. The summed E-state index contributed by atoms with van der Waals surface area (Å²) in [5.74, 6) is -0.401. The average molecular weight is 691 g/mol. The molecule has 6 heterocycles. The zero-order valence-electron chi connectivity index (χ0n) is 27.8. The summed E-state index contributed by atoms with van der Waals surface area (Å²) in [4.78, 5) is 41.5. The smallest absolute Gasteiger partial charge is 0.258 e. The molecule has 3 aliphatic rings. The number of fused-ring (bicyclic) bond motifs is 3. The van der Waals surface area contributed by atoms with Gasteiger partial charge in [0.2, 0.25) is 5.95 Å². The largest absolute Gasteiger partial charge is 0.381 e. The number of amides is 1. The molecular formula is C40H36F2N4O3S. The fourth-order valence-corrected chi connectivity index (χ4v) is 8.70. The van der Waals surface area contributed by atoms with Crippen LogP contribution in [0, 0.1) is 24.1 Å². The highest BCUT2D eigenvalue weighted by Crippen LogP contribution is 2.45. The summed E-state index contributed by atoms with van der Waals surface area (Å²) >= 11 is 1.42. The van der Waals surface area contributed by atoms with Crippen molar-refractivity contribution in [1.82, 2.24) is 9.97 Å². The molecule has 7 nitrogen and oxygen atoms in total. The van der Waals surface area contributed by atoms with Crippen molar-refractivity contribution < 1.29 is 23.1 Å². The molecule has 1 spiro atoms. The molecule has 2 fully saturated rings. The number of aryl methyl sites for hydroxylation is 2. The number of benzene rings is 2. The fourth-order valence-electron chi connectivity index (χ4n) is 7.44. The average Bonchev–Trinajstić information content (AvgIpc) is 3.47. The Morgan fingerprint density at radius 2 is 1.76 bits per heavy atom. The normalized spacial score (nSPS) is 16.4. The number of Topliss-reactive ketones (excluding diaryl/α,β-unsaturated/α-hetero) is 1. The van der Waals surface area contributed by atoms with Gasteiger partial charge in [0.05, 0.1) is 11.3 Å². The molecule has 3 aliphatic heterocycles. The van der Waals surface area contributed by atoms with Crippen LogP contribution < -0.4 is 9.80 Å². The number of aromatic nitrogens is 2. The van der Waals surface area contributed by atoms with Crippen LogP contribution in [-0.2, 0) is 17.6 Å². The van der Waals surface area contributed by atoms with E-state index in [0.717, 1.165) is 77.0 Å². The molecule has 1 amide bonds. The van der Waals surface area contributed by atoms with Gasteiger partial charge >= 0.3 is 0 Å². The second-order valence-electron chi connectivity index (χ2n) is 13.6. The molecule has 10 heteroatoms. The number of pyridine rings is 2. The Labute approximate surface area is 293 Å². The number of ketones is 1. The number of hydrogen-bond donors (Lipinski definition) is 0. The third-order valence-electron chi connectivity index (χ3n) is 10.2. The van der Waals surface area contributed by atoms with Crippen LogP contribution in [0.4, 0.5) is 20.3 Å². The van der Waals surface area contributed by atoms with E-state index in [2.05, 4.69) is 14.9 Å². The zero-order chi connectivity index (χ0) is 34.4. The number of rotatable bonds is 7. The van der Waals surface area contributed by atoms with Gasteiger partial charge in [-0.05, 0) is 104 Å². The van der Waals surface area contributed by atoms with Crippen LogP contribution in [0.15, 0.2) is 79.1 Å². The minimum atomic E-state index is -0.542. The lowest BCUT2D eigenvalue weighted by molar-refractivity contribution is -0.000515. The molecule has 5 aromatic rings. The first-order valence-corrected chi connectivity index (χ1v) is 17.9. The summed E-state index contributed by atoms with van der Waals surface area (Å²) in [7, 11) is 0. The maximum absolute atomic E-state index is 14.7. The van der Waals surface area contributed by atoms with Crippen LogP contribution in [0.1, 0.15) is 56.7 Å². The first-order chi connectivity index (χ1) is 24.3. The number of nitrogens with zero attached hydrogens (tertiary/aromatic N) is 4. The van der Waals surface area contributed by atoms with Gasteiger partial charge in [-0.1, -0.05) is 12.1 Å². The van der Waals surface area contributed by atoms with Crippen molar-refractivity contribution in [1.29, 1.82) is 0 Å². The highest BCUT2D eigenvalue weighted by molar-refractivity contribution is 7.19. The Morgan fingerprint density at radius 3 is 2.54 bits per heavy atom. The predicted octanol–water partition coefficient (Wildman–Crippen LogP) is 8.09. The van der Waals surface area contributed by atoms with Crippen LogP contribution in [0.3, 0.4) is 0 Å². The summed E-state index contributed by atoms with van der Waals surface area (Å²) in [6.45, 7) is 5.68. The van der Waals surface area contributed by atoms with Crippen LogP contribution in [0.2, 0.25) is 0 Å². The standard InChI is InChI=1S/C40H36F2N4O3S/c1-25-19-32(38(44-22-25)45-23-40(24-45)13-17-49-18-14-40)34(47)11-6-26-4-7-27(8-5-26)39(48)46-16-12-28-20-35(31-3-2-15-43-37(31)42)50-36(28)30-10-9-29(41)21-33(30)46/h2-5,7-10,15,19-22H,6,11-14,16-18,23-24H2,1H3. The molecule has 0 N–H and O–H groups in total. The molecule has 0 saturated carbocycles. The van der Waals surface area contributed by atoms with Gasteiger partial charge in [-0.3, -0.25) is 9.59 Å². The van der Waals surface area contributed by atoms with Crippen LogP contribution in [0.25, 0.3) is 20.9 Å². The van der Waals surface area contributed by atoms with E-state index in [1.165, 1.54) is 29.7 Å². The van der Waals surface area contributed by atoms with Crippen molar-refractivity contribution in [2.45, 2.75) is 39.0 Å². The Hall–Kier alpha value is -4.80. The van der Waals surface area contributed by atoms with E-state index >= 15 is 0 Å². The summed E-state index contributed by atoms with van der Waals surface area (Å²) in [5, 5.41) is 0. The summed E-state index contributed by atoms with van der Waals surface area (Å²) < 4.78 is 34.7. The lowest BCUT2D eigenvalue weighted by Crippen LogP contribution is -2.59. The van der Waals surface area contributed by atoms with Crippen LogP contribution in [-0.4, -0.2) is 54.5 Å². The fraction of sp³-hybridized carbons (Fsp3) is 0.300. The maximum atomic E-state index is 14.7. The number of halogens is 2. The molecule has 0 atom stereocenters. The molecule has 0 radical (unpaired) electrons. The second-order valence-corrected chi connectivity index (χ2v) is 14.7. The molecular weight excluding hydrogens is 655 g/mol. The maximum Gasteiger partial charge on any atom is 0.258 e. The summed E-state index contributed by atoms with van der Waals surface area (Å²) in [6, 6.07) is 19.1. The van der Waals surface area contributed by atoms with Crippen molar-refractivity contribution in [3.8, 4) is 20.9 Å². The van der Waals surface area contributed by atoms with E-state index in [4.69, 9.17) is 4.74 Å². The number of hydrogen-bond acceptors (Lipinski definition) is 7. The van der Waals surface area contributed by atoms with Crippen LogP contribution in [0.5, 0.6) is 0 Å². The van der Waals surface area contributed by atoms with E-state index in [-0.39, 0.29) is 17.1 Å². The molecule has 8 rings (SSSR count). The lowest BCUT2D eigenvalue weighted by Gasteiger charge is -2.53. The molecule has 50 heavy (non-hydrogen) atoms. The molecule has 3 aromatic heterocycles. The monoisotopic (exact) mass is 690 g/mol. The topological polar surface area (TPSA) is 75.6 Å². The first kappa shape index (κ1) is 32.4. The SMILES string of the molecule is Cc1cnc(N2CC3(CCOCC3)C2)c(C(=O)CCc2ccc(C(=O)N3CCc4cc(-c5cccnc5F)sc4-c4ccc(F)cc43)cc2)c1. The first-order valence-electron chi connectivity index (χ1n) is 17.0. The van der Waals surface area contributed by atoms with E-state index in [1.807, 2.05) is 37.4 Å². The van der Waals surface area contributed by atoms with Gasteiger partial charge in [0, 0.05) is 83.5 Å². The lowest BCUT2D eigenvalue weighted by atomic mass is 9.73. The Balaban J connectivity index is 0.970. The number of anilines is 2. The minimum absolute atomic E-state index is 0.0503. The van der Waals surface area contributed by atoms with Crippen molar-refractivity contribution in [3.63, 3.8) is 0 Å². The number of ether oxygens (including phenoxy) is 1. The van der Waals surface area contributed by atoms with Crippen molar-refractivity contribution >= 4 is 34.5 Å². The van der Waals surface area contributed by atoms with Crippen molar-refractivity contribution in [2.24, 2.45) is 5.41 Å². The minimum Gasteiger partial charge on any atom is -0.381 e. The Morgan fingerprint density at radius 1 is 0.960 bits per heavy atom. The summed E-state index contributed by atoms with van der Waals surface area (Å²) in [5.41, 5.74) is 5.91. The molecule has 2 saturated heterocycles. The van der Waals surface area contributed by atoms with Gasteiger partial charge < -0.3 is 14.5 Å². The predicted molar refractivity (Wildman–Crippen MR) is 191 cm³/mol. The van der Waals surface area contributed by atoms with Gasteiger partial charge in [0.15, 0.2) is 5.78 Å². The zero-order valence-corrected chi connectivity index (χ0v) is 28.6. The van der Waals surface area contributed by atoms with Gasteiger partial charge in [0.25, 0.3) is 5.91 Å². The van der Waals surface area contributed by atoms with Crippen molar-refractivity contribution in [3.05, 3.63) is 119 Å². The third-order valence-corrected chi connectivity index (χ3v) is 11.5. The van der Waals surface area contributed by atoms with E-state index < -0.39 is 11.8 Å². The number of thiophene rings is 1. The molecule has 254 valence electrons. The van der Waals surface area contributed by atoms with Crippen molar-refractivity contribution in [2.75, 3.05) is 42.6 Å². The molecule has 0 unspecified atom stereocenters. The summed E-state index contributed by atoms with van der Waals surface area (Å²) in [6.07, 6.45) is 6.71. The quantitative estimate of drug-likeness (QED) is 0.127. The van der Waals surface area contributed by atoms with Gasteiger partial charge in [-0.25, -0.2) is 14.4 Å². The molecule has 0 bridgehead atoms. The Kier molecular flexibility index (Phi) is 8.52. The second kappa shape index (κ2) is 13.2. The van der Waals surface area contributed by atoms with Gasteiger partial charge in [-0.15, -0.1) is 11.3 Å². The highest BCUT2D eigenvalue weighted by Gasteiger charge is 2.45. The van der Waals surface area contributed by atoms with Gasteiger partial charge in [-0.2, -0.15) is 4.39 Å². The highest BCUT2D eigenvalue weighted by atomic mass is 32.1. The van der Waals surface area contributed by atoms with E-state index in [0.29, 0.717) is 48.2 Å². The third kappa shape index (κ3) is 6.11. The van der Waals surface area contributed by atoms with Crippen LogP contribution >= 0.6 is 11.3 Å². The molecule has 0 aliphatic carbocycles. The molecule has 2 aromatic carbocycles.